The third-order valence-corrected chi connectivity index (χ3v) is 3.81. The normalized spacial score (nSPS) is 10.4. The summed E-state index contributed by atoms with van der Waals surface area (Å²) in [6, 6.07) is 4.46. The fourth-order valence-electron chi connectivity index (χ4n) is 1.81. The Hall–Kier alpha value is -2.08. The Morgan fingerprint density at radius 1 is 1.30 bits per heavy atom. The van der Waals surface area contributed by atoms with Crippen molar-refractivity contribution in [1.29, 1.82) is 0 Å². The summed E-state index contributed by atoms with van der Waals surface area (Å²) in [5.74, 6) is -1.07. The number of rotatable bonds is 3. The lowest BCUT2D eigenvalue weighted by Crippen LogP contribution is -2.04. The Balaban J connectivity index is 2.41. The van der Waals surface area contributed by atoms with Crippen molar-refractivity contribution in [3.8, 4) is 10.4 Å². The first-order valence-corrected chi connectivity index (χ1v) is 6.76. The fourth-order valence-corrected chi connectivity index (χ4v) is 2.82. The van der Waals surface area contributed by atoms with Gasteiger partial charge in [-0.15, -0.1) is 0 Å². The second-order valence-corrected chi connectivity index (χ2v) is 5.36. The molecule has 1 aromatic heterocycles. The number of nitrogens with zero attached hydrogens (tertiary/aromatic N) is 1. The maximum absolute atomic E-state index is 13.8. The molecule has 0 unspecified atom stereocenters. The lowest BCUT2D eigenvalue weighted by Gasteiger charge is -2.02. The molecule has 1 heterocycles. The fraction of sp³-hybridized carbons (Fsp3) is 0.214. The van der Waals surface area contributed by atoms with Crippen molar-refractivity contribution in [3.63, 3.8) is 0 Å². The van der Waals surface area contributed by atoms with Crippen LogP contribution in [0.5, 0.6) is 0 Å². The Bertz CT molecular complexity index is 694. The summed E-state index contributed by atoms with van der Waals surface area (Å²) in [5, 5.41) is 3.07. The number of hydrogen-bond acceptors (Lipinski definition) is 4. The molecule has 0 bridgehead atoms. The molecule has 104 valence electrons. The van der Waals surface area contributed by atoms with Gasteiger partial charge in [-0.05, 0) is 31.5 Å². The highest BCUT2D eigenvalue weighted by molar-refractivity contribution is 7.19. The molecule has 0 aliphatic rings. The molecule has 0 fully saturated rings. The van der Waals surface area contributed by atoms with Crippen LogP contribution >= 0.6 is 11.3 Å². The van der Waals surface area contributed by atoms with Crippen molar-refractivity contribution in [1.82, 2.24) is 4.98 Å². The van der Waals surface area contributed by atoms with Gasteiger partial charge in [0.15, 0.2) is 10.9 Å². The van der Waals surface area contributed by atoms with E-state index >= 15 is 0 Å². The zero-order chi connectivity index (χ0) is 14.9. The van der Waals surface area contributed by atoms with Crippen LogP contribution in [0.4, 0.5) is 9.52 Å². The highest BCUT2D eigenvalue weighted by atomic mass is 32.1. The molecule has 0 radical (unpaired) electrons. The number of halogens is 1. The minimum Gasteiger partial charge on any atom is -0.302 e. The summed E-state index contributed by atoms with van der Waals surface area (Å²) >= 11 is 1.27. The summed E-state index contributed by atoms with van der Waals surface area (Å²) in [5.41, 5.74) is 1.41. The molecule has 0 saturated heterocycles. The van der Waals surface area contributed by atoms with E-state index in [0.29, 0.717) is 16.4 Å². The largest absolute Gasteiger partial charge is 0.302 e. The number of aryl methyl sites for hydroxylation is 1. The number of hydrogen-bond donors (Lipinski definition) is 1. The number of anilines is 1. The zero-order valence-electron chi connectivity index (χ0n) is 11.3. The van der Waals surface area contributed by atoms with E-state index in [1.165, 1.54) is 37.3 Å². The van der Waals surface area contributed by atoms with Gasteiger partial charge < -0.3 is 5.32 Å². The maximum atomic E-state index is 13.8. The molecular formula is C14H13FN2O2S. The van der Waals surface area contributed by atoms with Crippen LogP contribution in [0.25, 0.3) is 10.4 Å². The van der Waals surface area contributed by atoms with Crippen LogP contribution in [-0.2, 0) is 4.79 Å². The van der Waals surface area contributed by atoms with Crippen molar-refractivity contribution in [3.05, 3.63) is 35.3 Å². The number of carbonyl (C=O) groups excluding carboxylic acids is 2. The zero-order valence-corrected chi connectivity index (χ0v) is 12.1. The number of benzene rings is 1. The SMILES string of the molecule is CC(=O)Nc1nc(C)c(-c2ccc(C(C)=O)c(F)c2)s1. The Kier molecular flexibility index (Phi) is 3.94. The molecule has 0 atom stereocenters. The maximum Gasteiger partial charge on any atom is 0.223 e. The molecule has 0 aliphatic heterocycles. The van der Waals surface area contributed by atoms with E-state index in [1.807, 2.05) is 0 Å². The predicted molar refractivity (Wildman–Crippen MR) is 76.6 cm³/mol. The molecule has 0 aliphatic carbocycles. The van der Waals surface area contributed by atoms with Crippen LogP contribution in [0, 0.1) is 12.7 Å². The Morgan fingerprint density at radius 3 is 2.55 bits per heavy atom. The van der Waals surface area contributed by atoms with Crippen LogP contribution in [0.2, 0.25) is 0 Å². The minimum atomic E-state index is -0.552. The minimum absolute atomic E-state index is 0.0676. The van der Waals surface area contributed by atoms with E-state index in [4.69, 9.17) is 0 Å². The van der Waals surface area contributed by atoms with Gasteiger partial charge in [-0.1, -0.05) is 17.4 Å². The topological polar surface area (TPSA) is 59.1 Å². The Morgan fingerprint density at radius 2 is 2.00 bits per heavy atom. The molecule has 1 aromatic carbocycles. The second-order valence-electron chi connectivity index (χ2n) is 4.37. The van der Waals surface area contributed by atoms with Gasteiger partial charge >= 0.3 is 0 Å². The summed E-state index contributed by atoms with van der Waals surface area (Å²) in [7, 11) is 0. The van der Waals surface area contributed by atoms with Crippen LogP contribution < -0.4 is 5.32 Å². The summed E-state index contributed by atoms with van der Waals surface area (Å²) in [4.78, 5) is 27.2. The van der Waals surface area contributed by atoms with Gasteiger partial charge in [0.2, 0.25) is 5.91 Å². The van der Waals surface area contributed by atoms with Gasteiger partial charge in [-0.3, -0.25) is 9.59 Å². The van der Waals surface area contributed by atoms with E-state index in [9.17, 15) is 14.0 Å². The third kappa shape index (κ3) is 2.91. The lowest BCUT2D eigenvalue weighted by molar-refractivity contribution is -0.114. The number of ketones is 1. The lowest BCUT2D eigenvalue weighted by atomic mass is 10.1. The van der Waals surface area contributed by atoms with Gasteiger partial charge in [0.1, 0.15) is 5.82 Å². The number of Topliss-reactive ketones (excluding diaryl/α,β-unsaturated/α-hetero) is 1. The third-order valence-electron chi connectivity index (χ3n) is 2.69. The molecule has 6 heteroatoms. The van der Waals surface area contributed by atoms with E-state index in [2.05, 4.69) is 10.3 Å². The van der Waals surface area contributed by atoms with Crippen LogP contribution in [0.3, 0.4) is 0 Å². The van der Waals surface area contributed by atoms with Gasteiger partial charge in [0, 0.05) is 6.92 Å². The molecule has 1 amide bonds. The number of thiazole rings is 1. The molecule has 2 aromatic rings. The quantitative estimate of drug-likeness (QED) is 0.882. The van der Waals surface area contributed by atoms with E-state index in [0.717, 1.165) is 4.88 Å². The molecule has 0 saturated carbocycles. The average molecular weight is 292 g/mol. The molecule has 2 rings (SSSR count). The van der Waals surface area contributed by atoms with Gasteiger partial charge in [0.25, 0.3) is 0 Å². The molecule has 4 nitrogen and oxygen atoms in total. The van der Waals surface area contributed by atoms with Crippen LogP contribution in [0.15, 0.2) is 18.2 Å². The number of aromatic nitrogens is 1. The van der Waals surface area contributed by atoms with Gasteiger partial charge in [-0.25, -0.2) is 9.37 Å². The first-order chi connectivity index (χ1) is 9.38. The van der Waals surface area contributed by atoms with E-state index < -0.39 is 5.82 Å². The standard InChI is InChI=1S/C14H13FN2O2S/c1-7-13(20-14(16-7)17-9(3)19)10-4-5-11(8(2)18)12(15)6-10/h4-6H,1-3H3,(H,16,17,19). The summed E-state index contributed by atoms with van der Waals surface area (Å²) in [6.07, 6.45) is 0. The summed E-state index contributed by atoms with van der Waals surface area (Å²) in [6.45, 7) is 4.51. The second kappa shape index (κ2) is 5.50. The first kappa shape index (κ1) is 14.3. The molecular weight excluding hydrogens is 279 g/mol. The van der Waals surface area contributed by atoms with Gasteiger partial charge in [0.05, 0.1) is 16.1 Å². The van der Waals surface area contributed by atoms with E-state index in [1.54, 1.807) is 13.0 Å². The monoisotopic (exact) mass is 292 g/mol. The highest BCUT2D eigenvalue weighted by Crippen LogP contribution is 2.33. The number of nitrogens with one attached hydrogen (secondary N) is 1. The molecule has 20 heavy (non-hydrogen) atoms. The van der Waals surface area contributed by atoms with Crippen LogP contribution in [-0.4, -0.2) is 16.7 Å². The summed E-state index contributed by atoms with van der Waals surface area (Å²) < 4.78 is 13.8. The van der Waals surface area contributed by atoms with Crippen LogP contribution in [0.1, 0.15) is 29.9 Å². The van der Waals surface area contributed by atoms with Crippen molar-refractivity contribution in [2.45, 2.75) is 20.8 Å². The smallest absolute Gasteiger partial charge is 0.223 e. The molecule has 1 N–H and O–H groups in total. The molecule has 0 spiro atoms. The van der Waals surface area contributed by atoms with Crippen molar-refractivity contribution in [2.24, 2.45) is 0 Å². The van der Waals surface area contributed by atoms with Crippen molar-refractivity contribution in [2.75, 3.05) is 5.32 Å². The highest BCUT2D eigenvalue weighted by Gasteiger charge is 2.14. The number of carbonyl (C=O) groups is 2. The number of amides is 1. The van der Waals surface area contributed by atoms with Crippen molar-refractivity contribution >= 4 is 28.2 Å². The average Bonchev–Trinajstić information content (AvgIpc) is 2.68. The first-order valence-electron chi connectivity index (χ1n) is 5.94. The Labute approximate surface area is 119 Å². The van der Waals surface area contributed by atoms with Gasteiger partial charge in [-0.2, -0.15) is 0 Å². The van der Waals surface area contributed by atoms with Crippen molar-refractivity contribution < 1.29 is 14.0 Å². The van der Waals surface area contributed by atoms with E-state index in [-0.39, 0.29) is 17.3 Å². The predicted octanol–water partition coefficient (Wildman–Crippen LogP) is 3.42.